The van der Waals surface area contributed by atoms with Gasteiger partial charge in [0.05, 0.1) is 0 Å². The van der Waals surface area contributed by atoms with E-state index in [-0.39, 0.29) is 0 Å². The van der Waals surface area contributed by atoms with Crippen LogP contribution in [0.15, 0.2) is 11.8 Å². The maximum Gasteiger partial charge on any atom is 0.168 e. The molecular formula is C12H22Si. The smallest absolute Gasteiger partial charge is 0.126 e. The summed E-state index contributed by atoms with van der Waals surface area (Å²) in [5.74, 6) is 3.10. The minimum atomic E-state index is -1.58. The topological polar surface area (TPSA) is 0 Å². The molecule has 0 saturated heterocycles. The molecule has 0 amide bonds. The molecule has 0 rings (SSSR count). The Morgan fingerprint density at radius 2 is 1.54 bits per heavy atom. The van der Waals surface area contributed by atoms with E-state index in [1.807, 2.05) is 6.92 Å². The maximum atomic E-state index is 4.15. The van der Waals surface area contributed by atoms with Gasteiger partial charge in [0.15, 0.2) is 8.07 Å². The third-order valence-electron chi connectivity index (χ3n) is 2.86. The van der Waals surface area contributed by atoms with E-state index in [2.05, 4.69) is 52.7 Å². The predicted molar refractivity (Wildman–Crippen MR) is 64.2 cm³/mol. The molecule has 0 aromatic carbocycles. The van der Waals surface area contributed by atoms with Crippen molar-refractivity contribution in [1.82, 2.24) is 0 Å². The van der Waals surface area contributed by atoms with Crippen LogP contribution in [0, 0.1) is 11.5 Å². The summed E-state index contributed by atoms with van der Waals surface area (Å²) in [6.45, 7) is 17.4. The van der Waals surface area contributed by atoms with Gasteiger partial charge in [-0.25, -0.2) is 0 Å². The van der Waals surface area contributed by atoms with Crippen LogP contribution in [-0.2, 0) is 0 Å². The van der Waals surface area contributed by atoms with Crippen LogP contribution in [0.5, 0.6) is 0 Å². The molecule has 1 heteroatoms. The first-order valence-corrected chi connectivity index (χ1v) is 7.15. The second-order valence-electron chi connectivity index (χ2n) is 4.33. The highest BCUT2D eigenvalue weighted by Crippen LogP contribution is 2.36. The minimum Gasteiger partial charge on any atom is -0.126 e. The van der Waals surface area contributed by atoms with Gasteiger partial charge in [0.1, 0.15) is 0 Å². The number of rotatable bonds is 3. The summed E-state index contributed by atoms with van der Waals surface area (Å²) in [6.07, 6.45) is 0. The second kappa shape index (κ2) is 4.67. The molecule has 0 aromatic heterocycles. The Labute approximate surface area is 84.4 Å². The van der Waals surface area contributed by atoms with E-state index in [0.29, 0.717) is 11.1 Å². The van der Waals surface area contributed by atoms with Crippen molar-refractivity contribution in [2.75, 3.05) is 0 Å². The monoisotopic (exact) mass is 194 g/mol. The van der Waals surface area contributed by atoms with E-state index < -0.39 is 8.07 Å². The van der Waals surface area contributed by atoms with Gasteiger partial charge in [-0.2, -0.15) is 0 Å². The van der Waals surface area contributed by atoms with Crippen LogP contribution >= 0.6 is 0 Å². The van der Waals surface area contributed by atoms with Gasteiger partial charge in [-0.3, -0.25) is 0 Å². The van der Waals surface area contributed by atoms with E-state index in [0.717, 1.165) is 0 Å². The Morgan fingerprint density at radius 3 is 1.62 bits per heavy atom. The fourth-order valence-corrected chi connectivity index (χ4v) is 6.76. The first-order valence-electron chi connectivity index (χ1n) is 4.99. The number of allylic oxidation sites excluding steroid dienone is 1. The zero-order valence-electron chi connectivity index (χ0n) is 9.86. The summed E-state index contributed by atoms with van der Waals surface area (Å²) in [5.41, 5.74) is 4.81. The molecule has 0 aliphatic carbocycles. The third-order valence-corrected chi connectivity index (χ3v) is 8.58. The van der Waals surface area contributed by atoms with Gasteiger partial charge in [0.2, 0.25) is 0 Å². The van der Waals surface area contributed by atoms with Crippen molar-refractivity contribution >= 4 is 8.07 Å². The van der Waals surface area contributed by atoms with E-state index in [9.17, 15) is 0 Å². The van der Waals surface area contributed by atoms with Crippen LogP contribution in [0.2, 0.25) is 11.1 Å². The van der Waals surface area contributed by atoms with Gasteiger partial charge in [-0.1, -0.05) is 32.9 Å². The summed E-state index contributed by atoms with van der Waals surface area (Å²) in [5, 5.41) is 1.33. The Hall–Kier alpha value is -0.483. The van der Waals surface area contributed by atoms with Crippen molar-refractivity contribution in [3.05, 3.63) is 11.8 Å². The molecule has 0 radical (unpaired) electrons. The molecule has 0 aromatic rings. The second-order valence-corrected chi connectivity index (χ2v) is 9.48. The SMILES string of the molecule is C=C(C)[Si](C#CC)(C(C)C)C(C)C. The average Bonchev–Trinajstić information content (AvgIpc) is 1.97. The first kappa shape index (κ1) is 12.5. The van der Waals surface area contributed by atoms with Gasteiger partial charge in [0, 0.05) is 0 Å². The summed E-state index contributed by atoms with van der Waals surface area (Å²) >= 11 is 0. The van der Waals surface area contributed by atoms with E-state index >= 15 is 0 Å². The molecule has 0 atom stereocenters. The lowest BCUT2D eigenvalue weighted by molar-refractivity contribution is 0.920. The van der Waals surface area contributed by atoms with Crippen molar-refractivity contribution in [1.29, 1.82) is 0 Å². The van der Waals surface area contributed by atoms with E-state index in [1.165, 1.54) is 5.20 Å². The molecule has 0 aliphatic heterocycles. The molecule has 0 saturated carbocycles. The highest BCUT2D eigenvalue weighted by molar-refractivity contribution is 6.95. The van der Waals surface area contributed by atoms with Gasteiger partial charge in [-0.15, -0.1) is 18.0 Å². The number of hydrogen-bond donors (Lipinski definition) is 0. The van der Waals surface area contributed by atoms with E-state index in [1.54, 1.807) is 0 Å². The zero-order valence-corrected chi connectivity index (χ0v) is 10.9. The van der Waals surface area contributed by atoms with E-state index in [4.69, 9.17) is 0 Å². The van der Waals surface area contributed by atoms with Crippen LogP contribution in [0.1, 0.15) is 41.5 Å². The Kier molecular flexibility index (Phi) is 4.50. The lowest BCUT2D eigenvalue weighted by atomic mass is 10.5. The zero-order chi connectivity index (χ0) is 10.6. The van der Waals surface area contributed by atoms with Gasteiger partial charge < -0.3 is 0 Å². The average molecular weight is 194 g/mol. The van der Waals surface area contributed by atoms with Crippen molar-refractivity contribution in [2.24, 2.45) is 0 Å². The fourth-order valence-electron chi connectivity index (χ4n) is 2.25. The lowest BCUT2D eigenvalue weighted by Crippen LogP contribution is -2.41. The molecule has 0 heterocycles. The molecule has 0 fully saturated rings. The quantitative estimate of drug-likeness (QED) is 0.472. The van der Waals surface area contributed by atoms with Crippen LogP contribution < -0.4 is 0 Å². The summed E-state index contributed by atoms with van der Waals surface area (Å²) in [4.78, 5) is 0. The van der Waals surface area contributed by atoms with Crippen molar-refractivity contribution in [2.45, 2.75) is 52.6 Å². The fraction of sp³-hybridized carbons (Fsp3) is 0.667. The maximum absolute atomic E-state index is 4.15. The lowest BCUT2D eigenvalue weighted by Gasteiger charge is -2.34. The highest BCUT2D eigenvalue weighted by Gasteiger charge is 2.39. The molecular weight excluding hydrogens is 172 g/mol. The predicted octanol–water partition coefficient (Wildman–Crippen LogP) is 3.93. The standard InChI is InChI=1S/C12H22Si/c1-8-9-13(10(2)3,11(4)5)12(6)7/h11-12H,2H2,1,3-7H3. The van der Waals surface area contributed by atoms with Crippen molar-refractivity contribution in [3.63, 3.8) is 0 Å². The van der Waals surface area contributed by atoms with Crippen molar-refractivity contribution < 1.29 is 0 Å². The highest BCUT2D eigenvalue weighted by atomic mass is 28.3. The Bertz CT molecular complexity index is 230. The van der Waals surface area contributed by atoms with Crippen LogP contribution in [0.3, 0.4) is 0 Å². The normalized spacial score (nSPS) is 11.4. The van der Waals surface area contributed by atoms with Crippen LogP contribution in [0.25, 0.3) is 0 Å². The van der Waals surface area contributed by atoms with Crippen molar-refractivity contribution in [3.8, 4) is 11.5 Å². The number of hydrogen-bond acceptors (Lipinski definition) is 0. The molecule has 13 heavy (non-hydrogen) atoms. The Balaban J connectivity index is 5.27. The molecule has 0 aliphatic rings. The summed E-state index contributed by atoms with van der Waals surface area (Å²) in [6, 6.07) is 0. The van der Waals surface area contributed by atoms with Gasteiger partial charge in [0.25, 0.3) is 0 Å². The minimum absolute atomic E-state index is 0.664. The molecule has 0 unspecified atom stereocenters. The summed E-state index contributed by atoms with van der Waals surface area (Å²) < 4.78 is 0. The summed E-state index contributed by atoms with van der Waals surface area (Å²) in [7, 11) is -1.58. The largest absolute Gasteiger partial charge is 0.168 e. The van der Waals surface area contributed by atoms with Crippen LogP contribution in [0.4, 0.5) is 0 Å². The third kappa shape index (κ3) is 2.25. The van der Waals surface area contributed by atoms with Gasteiger partial charge in [-0.05, 0) is 24.9 Å². The molecule has 0 spiro atoms. The first-order chi connectivity index (χ1) is 5.89. The molecule has 0 N–H and O–H groups in total. The molecule has 74 valence electrons. The molecule has 0 bridgehead atoms. The molecule has 0 nitrogen and oxygen atoms in total. The Morgan fingerprint density at radius 1 is 1.15 bits per heavy atom. The van der Waals surface area contributed by atoms with Gasteiger partial charge >= 0.3 is 0 Å². The van der Waals surface area contributed by atoms with Crippen LogP contribution in [-0.4, -0.2) is 8.07 Å².